The Bertz CT molecular complexity index is 742. The number of benzene rings is 1. The monoisotopic (exact) mass is 364 g/mol. The molecule has 1 aliphatic heterocycles. The summed E-state index contributed by atoms with van der Waals surface area (Å²) >= 11 is 5.86. The maximum atomic E-state index is 12.7. The zero-order valence-corrected chi connectivity index (χ0v) is 14.1. The number of carbonyl (C=O) groups is 4. The van der Waals surface area contributed by atoms with Crippen LogP contribution in [0.5, 0.6) is 0 Å². The van der Waals surface area contributed by atoms with Crippen molar-refractivity contribution in [1.82, 2.24) is 10.2 Å². The third kappa shape index (κ3) is 3.51. The summed E-state index contributed by atoms with van der Waals surface area (Å²) in [6.45, 7) is -0.0657. The number of nitrogens with zero attached hydrogens (tertiary/aromatic N) is 1. The van der Waals surface area contributed by atoms with Gasteiger partial charge in [-0.2, -0.15) is 0 Å². The first kappa shape index (κ1) is 17.4. The van der Waals surface area contributed by atoms with Crippen molar-refractivity contribution >= 4 is 35.2 Å². The van der Waals surface area contributed by atoms with Gasteiger partial charge in [-0.25, -0.2) is 0 Å². The fourth-order valence-electron chi connectivity index (χ4n) is 3.12. The molecule has 0 bridgehead atoms. The molecular weight excluding hydrogens is 348 g/mol. The Labute approximate surface area is 148 Å². The molecule has 1 saturated heterocycles. The minimum Gasteiger partial charge on any atom is -0.480 e. The van der Waals surface area contributed by atoms with Gasteiger partial charge in [0.05, 0.1) is 0 Å². The number of hydrogen-bond donors (Lipinski definition) is 2. The van der Waals surface area contributed by atoms with Gasteiger partial charge >= 0.3 is 5.97 Å². The second-order valence-electron chi connectivity index (χ2n) is 6.51. The van der Waals surface area contributed by atoms with Gasteiger partial charge in [0.15, 0.2) is 11.7 Å². The van der Waals surface area contributed by atoms with Gasteiger partial charge in [0.2, 0.25) is 11.8 Å². The fraction of sp³-hybridized carbons (Fsp3) is 0.412. The summed E-state index contributed by atoms with van der Waals surface area (Å²) in [5.74, 6) is -4.52. The number of hydrogen-bond acceptors (Lipinski definition) is 4. The van der Waals surface area contributed by atoms with Gasteiger partial charge in [-0.05, 0) is 30.5 Å². The van der Waals surface area contributed by atoms with E-state index in [1.54, 1.807) is 24.3 Å². The number of carboxylic acids is 1. The molecule has 7 nitrogen and oxygen atoms in total. The SMILES string of the molecule is O=C(O)CNC(=O)C1C(=O)N(Cc2ccc(Cl)cc2)CC2(CC2)C1=O. The number of ketones is 1. The van der Waals surface area contributed by atoms with Crippen molar-refractivity contribution < 1.29 is 24.3 Å². The lowest BCUT2D eigenvalue weighted by Crippen LogP contribution is -2.56. The van der Waals surface area contributed by atoms with Crippen LogP contribution in [-0.4, -0.2) is 46.7 Å². The molecule has 1 aromatic carbocycles. The maximum absolute atomic E-state index is 12.7. The first-order valence-electron chi connectivity index (χ1n) is 7.89. The Morgan fingerprint density at radius 2 is 1.88 bits per heavy atom. The molecule has 1 aromatic rings. The molecule has 2 fully saturated rings. The summed E-state index contributed by atoms with van der Waals surface area (Å²) in [5, 5.41) is 11.4. The van der Waals surface area contributed by atoms with Gasteiger partial charge in [0.25, 0.3) is 0 Å². The molecule has 25 heavy (non-hydrogen) atoms. The molecular formula is C17H17ClN2O5. The predicted molar refractivity (Wildman–Crippen MR) is 87.7 cm³/mol. The van der Waals surface area contributed by atoms with Crippen molar-refractivity contribution in [2.24, 2.45) is 11.3 Å². The largest absolute Gasteiger partial charge is 0.480 e. The lowest BCUT2D eigenvalue weighted by molar-refractivity contribution is -0.156. The van der Waals surface area contributed by atoms with Crippen LogP contribution < -0.4 is 5.32 Å². The molecule has 1 saturated carbocycles. The van der Waals surface area contributed by atoms with Crippen LogP contribution in [0.25, 0.3) is 0 Å². The number of carbonyl (C=O) groups excluding carboxylic acids is 3. The molecule has 1 atom stereocenters. The Morgan fingerprint density at radius 1 is 1.24 bits per heavy atom. The molecule has 1 spiro atoms. The molecule has 3 rings (SSSR count). The van der Waals surface area contributed by atoms with Crippen molar-refractivity contribution in [3.63, 3.8) is 0 Å². The first-order valence-corrected chi connectivity index (χ1v) is 8.27. The molecule has 132 valence electrons. The number of carboxylic acid groups (broad SMARTS) is 1. The zero-order chi connectivity index (χ0) is 18.2. The average molecular weight is 365 g/mol. The lowest BCUT2D eigenvalue weighted by atomic mass is 9.83. The summed E-state index contributed by atoms with van der Waals surface area (Å²) in [7, 11) is 0. The Hall–Kier alpha value is -2.41. The molecule has 1 aliphatic carbocycles. The van der Waals surface area contributed by atoms with Crippen LogP contribution in [0.4, 0.5) is 0 Å². The van der Waals surface area contributed by atoms with Crippen LogP contribution in [-0.2, 0) is 25.7 Å². The van der Waals surface area contributed by atoms with Crippen LogP contribution >= 0.6 is 11.6 Å². The molecule has 0 radical (unpaired) electrons. The van der Waals surface area contributed by atoms with Crippen molar-refractivity contribution in [3.8, 4) is 0 Å². The molecule has 1 heterocycles. The van der Waals surface area contributed by atoms with Crippen molar-refractivity contribution in [2.75, 3.05) is 13.1 Å². The van der Waals surface area contributed by atoms with E-state index < -0.39 is 41.4 Å². The van der Waals surface area contributed by atoms with E-state index in [4.69, 9.17) is 16.7 Å². The number of rotatable bonds is 5. The molecule has 2 amide bonds. The van der Waals surface area contributed by atoms with E-state index >= 15 is 0 Å². The Morgan fingerprint density at radius 3 is 2.44 bits per heavy atom. The van der Waals surface area contributed by atoms with E-state index in [0.717, 1.165) is 5.56 Å². The van der Waals surface area contributed by atoms with E-state index in [2.05, 4.69) is 5.32 Å². The van der Waals surface area contributed by atoms with Gasteiger partial charge in [-0.3, -0.25) is 19.2 Å². The summed E-state index contributed by atoms with van der Waals surface area (Å²) in [6.07, 6.45) is 1.28. The second kappa shape index (κ2) is 6.48. The quantitative estimate of drug-likeness (QED) is 0.754. The maximum Gasteiger partial charge on any atom is 0.322 e. The number of likely N-dealkylation sites (tertiary alicyclic amines) is 1. The Balaban J connectivity index is 1.79. The van der Waals surface area contributed by atoms with E-state index in [1.165, 1.54) is 4.90 Å². The lowest BCUT2D eigenvalue weighted by Gasteiger charge is -2.36. The summed E-state index contributed by atoms with van der Waals surface area (Å²) in [6, 6.07) is 6.98. The van der Waals surface area contributed by atoms with E-state index in [-0.39, 0.29) is 13.1 Å². The minimum absolute atomic E-state index is 0.272. The second-order valence-corrected chi connectivity index (χ2v) is 6.95. The van der Waals surface area contributed by atoms with Crippen LogP contribution in [0.1, 0.15) is 18.4 Å². The topological polar surface area (TPSA) is 104 Å². The number of nitrogens with one attached hydrogen (secondary N) is 1. The molecule has 2 aliphatic rings. The van der Waals surface area contributed by atoms with Crippen molar-refractivity contribution in [3.05, 3.63) is 34.9 Å². The van der Waals surface area contributed by atoms with Gasteiger partial charge < -0.3 is 15.3 Å². The molecule has 1 unspecified atom stereocenters. The fourth-order valence-corrected chi connectivity index (χ4v) is 3.24. The van der Waals surface area contributed by atoms with E-state index in [1.807, 2.05) is 0 Å². The highest BCUT2D eigenvalue weighted by molar-refractivity contribution is 6.30. The third-order valence-electron chi connectivity index (χ3n) is 4.65. The standard InChI is InChI=1S/C17H17ClN2O5/c18-11-3-1-10(2-4-11)8-20-9-17(5-6-17)14(23)13(16(20)25)15(24)19-7-12(21)22/h1-4,13H,5-9H2,(H,19,24)(H,21,22). The molecule has 2 N–H and O–H groups in total. The summed E-state index contributed by atoms with van der Waals surface area (Å²) < 4.78 is 0. The summed E-state index contributed by atoms with van der Waals surface area (Å²) in [5.41, 5.74) is 0.179. The number of Topliss-reactive ketones (excluding diaryl/α,β-unsaturated/α-hetero) is 1. The minimum atomic E-state index is -1.47. The third-order valence-corrected chi connectivity index (χ3v) is 4.91. The van der Waals surface area contributed by atoms with Crippen LogP contribution in [0.3, 0.4) is 0 Å². The zero-order valence-electron chi connectivity index (χ0n) is 13.3. The average Bonchev–Trinajstić information content (AvgIpc) is 3.34. The van der Waals surface area contributed by atoms with Crippen molar-refractivity contribution in [2.45, 2.75) is 19.4 Å². The highest BCUT2D eigenvalue weighted by Gasteiger charge is 2.60. The number of aliphatic carboxylic acids is 1. The van der Waals surface area contributed by atoms with Gasteiger partial charge in [0, 0.05) is 23.5 Å². The highest BCUT2D eigenvalue weighted by atomic mass is 35.5. The van der Waals surface area contributed by atoms with E-state index in [0.29, 0.717) is 17.9 Å². The number of amides is 2. The molecule has 8 heteroatoms. The smallest absolute Gasteiger partial charge is 0.322 e. The predicted octanol–water partition coefficient (Wildman–Crippen LogP) is 0.848. The van der Waals surface area contributed by atoms with Gasteiger partial charge in [-0.1, -0.05) is 23.7 Å². The van der Waals surface area contributed by atoms with Crippen molar-refractivity contribution in [1.29, 1.82) is 0 Å². The number of piperidine rings is 1. The molecule has 0 aromatic heterocycles. The van der Waals surface area contributed by atoms with Crippen LogP contribution in [0.2, 0.25) is 5.02 Å². The van der Waals surface area contributed by atoms with Crippen LogP contribution in [0, 0.1) is 11.3 Å². The first-order chi connectivity index (χ1) is 11.8. The van der Waals surface area contributed by atoms with Gasteiger partial charge in [-0.15, -0.1) is 0 Å². The number of halogens is 1. The highest BCUT2D eigenvalue weighted by Crippen LogP contribution is 2.51. The van der Waals surface area contributed by atoms with Crippen LogP contribution in [0.15, 0.2) is 24.3 Å². The van der Waals surface area contributed by atoms with E-state index in [9.17, 15) is 19.2 Å². The van der Waals surface area contributed by atoms with Gasteiger partial charge in [0.1, 0.15) is 6.54 Å². The normalized spacial score (nSPS) is 21.3. The Kier molecular flexibility index (Phi) is 4.51. The summed E-state index contributed by atoms with van der Waals surface area (Å²) in [4.78, 5) is 49.6.